The van der Waals surface area contributed by atoms with Gasteiger partial charge >= 0.3 is 0 Å². The second-order valence-electron chi connectivity index (χ2n) is 4.92. The summed E-state index contributed by atoms with van der Waals surface area (Å²) in [5.74, 6) is 1.44. The second-order valence-corrected chi connectivity index (χ2v) is 5.78. The molecule has 0 atom stereocenters. The van der Waals surface area contributed by atoms with Crippen LogP contribution in [0, 0.1) is 6.92 Å². The Morgan fingerprint density at radius 1 is 1.10 bits per heavy atom. The molecule has 2 N–H and O–H groups in total. The van der Waals surface area contributed by atoms with Gasteiger partial charge in [-0.2, -0.15) is 0 Å². The zero-order valence-electron chi connectivity index (χ0n) is 12.4. The van der Waals surface area contributed by atoms with Crippen molar-refractivity contribution in [3.8, 4) is 11.5 Å². The lowest BCUT2D eigenvalue weighted by Crippen LogP contribution is -2.04. The molecule has 3 nitrogen and oxygen atoms in total. The molecule has 0 aliphatic carbocycles. The maximum Gasteiger partial charge on any atom is 0.175 e. The van der Waals surface area contributed by atoms with Crippen molar-refractivity contribution >= 4 is 15.9 Å². The fourth-order valence-corrected chi connectivity index (χ4v) is 2.67. The molecule has 0 heterocycles. The number of hydrogen-bond donors (Lipinski definition) is 1. The Kier molecular flexibility index (Phi) is 5.65. The molecule has 0 radical (unpaired) electrons. The van der Waals surface area contributed by atoms with Crippen LogP contribution in [0.25, 0.3) is 0 Å². The van der Waals surface area contributed by atoms with Crippen molar-refractivity contribution in [2.75, 3.05) is 13.7 Å². The molecule has 0 aromatic heterocycles. The smallest absolute Gasteiger partial charge is 0.175 e. The van der Waals surface area contributed by atoms with E-state index in [1.807, 2.05) is 12.1 Å². The van der Waals surface area contributed by atoms with Gasteiger partial charge in [0.25, 0.3) is 0 Å². The van der Waals surface area contributed by atoms with Crippen LogP contribution in [0.4, 0.5) is 0 Å². The molecule has 0 aliphatic heterocycles. The highest BCUT2D eigenvalue weighted by molar-refractivity contribution is 9.10. The van der Waals surface area contributed by atoms with Gasteiger partial charge in [0.15, 0.2) is 11.5 Å². The predicted molar refractivity (Wildman–Crippen MR) is 89.0 cm³/mol. The maximum atomic E-state index is 5.91. The SMILES string of the molecule is COc1cc(CCN)cc(Br)c1OCc1ccc(C)cc1. The Morgan fingerprint density at radius 3 is 2.43 bits per heavy atom. The number of rotatable bonds is 6. The van der Waals surface area contributed by atoms with Gasteiger partial charge in [0.05, 0.1) is 11.6 Å². The molecule has 0 unspecified atom stereocenters. The number of ether oxygens (including phenoxy) is 2. The van der Waals surface area contributed by atoms with E-state index in [2.05, 4.69) is 47.1 Å². The molecule has 2 aromatic rings. The zero-order valence-corrected chi connectivity index (χ0v) is 13.9. The average Bonchev–Trinajstić information content (AvgIpc) is 2.47. The standard InChI is InChI=1S/C17H20BrNO2/c1-12-3-5-13(6-4-12)11-21-17-15(18)9-14(7-8-19)10-16(17)20-2/h3-6,9-10H,7-8,11,19H2,1-2H3. The highest BCUT2D eigenvalue weighted by Gasteiger charge is 2.11. The monoisotopic (exact) mass is 349 g/mol. The highest BCUT2D eigenvalue weighted by atomic mass is 79.9. The molecule has 0 aliphatic rings. The van der Waals surface area contributed by atoms with E-state index in [-0.39, 0.29) is 0 Å². The van der Waals surface area contributed by atoms with E-state index in [1.54, 1.807) is 7.11 Å². The molecule has 0 saturated carbocycles. The third kappa shape index (κ3) is 4.22. The van der Waals surface area contributed by atoms with Gasteiger partial charge in [-0.3, -0.25) is 0 Å². The number of benzene rings is 2. The van der Waals surface area contributed by atoms with Crippen LogP contribution < -0.4 is 15.2 Å². The van der Waals surface area contributed by atoms with E-state index in [4.69, 9.17) is 15.2 Å². The topological polar surface area (TPSA) is 44.5 Å². The summed E-state index contributed by atoms with van der Waals surface area (Å²) in [5, 5.41) is 0. The Balaban J connectivity index is 2.16. The molecule has 112 valence electrons. The van der Waals surface area contributed by atoms with Crippen LogP contribution >= 0.6 is 15.9 Å². The van der Waals surface area contributed by atoms with Crippen molar-refractivity contribution in [2.45, 2.75) is 20.0 Å². The molecule has 2 aromatic carbocycles. The van der Waals surface area contributed by atoms with E-state index in [9.17, 15) is 0 Å². The first-order chi connectivity index (χ1) is 10.1. The van der Waals surface area contributed by atoms with Crippen LogP contribution in [0.2, 0.25) is 0 Å². The second kappa shape index (κ2) is 7.48. The van der Waals surface area contributed by atoms with Crippen molar-refractivity contribution in [2.24, 2.45) is 5.73 Å². The molecule has 0 fully saturated rings. The molecular formula is C17H20BrNO2. The quantitative estimate of drug-likeness (QED) is 0.861. The third-order valence-corrected chi connectivity index (χ3v) is 3.82. The number of methoxy groups -OCH3 is 1. The minimum Gasteiger partial charge on any atom is -0.493 e. The summed E-state index contributed by atoms with van der Waals surface area (Å²) in [6, 6.07) is 12.3. The maximum absolute atomic E-state index is 5.91. The summed E-state index contributed by atoms with van der Waals surface area (Å²) in [6.07, 6.45) is 0.813. The Morgan fingerprint density at radius 2 is 1.81 bits per heavy atom. The van der Waals surface area contributed by atoms with Crippen LogP contribution in [0.1, 0.15) is 16.7 Å². The molecule has 21 heavy (non-hydrogen) atoms. The van der Waals surface area contributed by atoms with Crippen LogP contribution in [0.5, 0.6) is 11.5 Å². The van der Waals surface area contributed by atoms with Gasteiger partial charge in [-0.05, 0) is 59.1 Å². The number of aryl methyl sites for hydroxylation is 1. The Labute approximate surface area is 134 Å². The van der Waals surface area contributed by atoms with Gasteiger partial charge < -0.3 is 15.2 Å². The van der Waals surface area contributed by atoms with Crippen molar-refractivity contribution in [3.63, 3.8) is 0 Å². The van der Waals surface area contributed by atoms with E-state index < -0.39 is 0 Å². The molecule has 4 heteroatoms. The summed E-state index contributed by atoms with van der Waals surface area (Å²) >= 11 is 3.55. The minimum absolute atomic E-state index is 0.505. The van der Waals surface area contributed by atoms with E-state index in [0.717, 1.165) is 33.5 Å². The minimum atomic E-state index is 0.505. The molecular weight excluding hydrogens is 330 g/mol. The normalized spacial score (nSPS) is 10.5. The zero-order chi connectivity index (χ0) is 15.2. The van der Waals surface area contributed by atoms with Gasteiger partial charge in [-0.1, -0.05) is 29.8 Å². The third-order valence-electron chi connectivity index (χ3n) is 3.23. The summed E-state index contributed by atoms with van der Waals surface area (Å²) in [4.78, 5) is 0. The van der Waals surface area contributed by atoms with Crippen LogP contribution in [-0.2, 0) is 13.0 Å². The van der Waals surface area contributed by atoms with Gasteiger partial charge in [-0.15, -0.1) is 0 Å². The van der Waals surface area contributed by atoms with Crippen molar-refractivity contribution in [1.82, 2.24) is 0 Å². The summed E-state index contributed by atoms with van der Waals surface area (Å²) < 4.78 is 12.2. The highest BCUT2D eigenvalue weighted by Crippen LogP contribution is 2.37. The molecule has 2 rings (SSSR count). The molecule has 0 amide bonds. The Bertz CT molecular complexity index is 596. The Hall–Kier alpha value is -1.52. The fourth-order valence-electron chi connectivity index (χ4n) is 2.06. The first-order valence-corrected chi connectivity index (χ1v) is 7.68. The van der Waals surface area contributed by atoms with Gasteiger partial charge in [0.2, 0.25) is 0 Å². The van der Waals surface area contributed by atoms with Crippen molar-refractivity contribution < 1.29 is 9.47 Å². The van der Waals surface area contributed by atoms with Gasteiger partial charge in [0, 0.05) is 0 Å². The molecule has 0 bridgehead atoms. The van der Waals surface area contributed by atoms with E-state index in [1.165, 1.54) is 5.56 Å². The largest absolute Gasteiger partial charge is 0.493 e. The lowest BCUT2D eigenvalue weighted by molar-refractivity contribution is 0.282. The van der Waals surface area contributed by atoms with E-state index in [0.29, 0.717) is 13.2 Å². The number of halogens is 1. The van der Waals surface area contributed by atoms with Gasteiger partial charge in [0.1, 0.15) is 6.61 Å². The van der Waals surface area contributed by atoms with Crippen molar-refractivity contribution in [3.05, 3.63) is 57.6 Å². The molecule has 0 saturated heterocycles. The molecule has 0 spiro atoms. The van der Waals surface area contributed by atoms with E-state index >= 15 is 0 Å². The summed E-state index contributed by atoms with van der Waals surface area (Å²) in [5.41, 5.74) is 9.09. The van der Waals surface area contributed by atoms with Gasteiger partial charge in [-0.25, -0.2) is 0 Å². The van der Waals surface area contributed by atoms with Crippen LogP contribution in [0.3, 0.4) is 0 Å². The average molecular weight is 350 g/mol. The number of nitrogens with two attached hydrogens (primary N) is 1. The fraction of sp³-hybridized carbons (Fsp3) is 0.294. The lowest BCUT2D eigenvalue weighted by atomic mass is 10.1. The predicted octanol–water partition coefficient (Wildman–Crippen LogP) is 3.85. The lowest BCUT2D eigenvalue weighted by Gasteiger charge is -2.14. The summed E-state index contributed by atoms with van der Waals surface area (Å²) in [6.45, 7) is 3.19. The number of hydrogen-bond acceptors (Lipinski definition) is 3. The summed E-state index contributed by atoms with van der Waals surface area (Å²) in [7, 11) is 1.65. The van der Waals surface area contributed by atoms with Crippen molar-refractivity contribution in [1.29, 1.82) is 0 Å². The van der Waals surface area contributed by atoms with Crippen LogP contribution in [0.15, 0.2) is 40.9 Å². The van der Waals surface area contributed by atoms with Crippen LogP contribution in [-0.4, -0.2) is 13.7 Å². The first-order valence-electron chi connectivity index (χ1n) is 6.89. The first kappa shape index (κ1) is 15.9.